The fourth-order valence-electron chi connectivity index (χ4n) is 5.27. The molecule has 0 bridgehead atoms. The Morgan fingerprint density at radius 2 is 0.875 bits per heavy atom. The number of rotatable bonds is 4. The Balaban J connectivity index is 1.95. The van der Waals surface area contributed by atoms with Gasteiger partial charge in [0, 0.05) is 0 Å². The SMILES string of the molecule is ClC1C[Si](c2ccccc2)(c2ccccc2)[Si](c2ccccc2)(c2ccccc2)OC1Cl. The van der Waals surface area contributed by atoms with Crippen molar-refractivity contribution in [3.05, 3.63) is 121 Å². The Morgan fingerprint density at radius 3 is 1.25 bits per heavy atom. The molecule has 0 saturated carbocycles. The molecule has 32 heavy (non-hydrogen) atoms. The Morgan fingerprint density at radius 1 is 0.531 bits per heavy atom. The third kappa shape index (κ3) is 3.40. The Labute approximate surface area is 201 Å². The maximum absolute atomic E-state index is 7.12. The molecule has 160 valence electrons. The predicted molar refractivity (Wildman–Crippen MR) is 141 cm³/mol. The number of hydrogen-bond donors (Lipinski definition) is 0. The van der Waals surface area contributed by atoms with E-state index in [0.717, 1.165) is 6.04 Å². The number of benzene rings is 4. The summed E-state index contributed by atoms with van der Waals surface area (Å²) < 4.78 is 7.12. The van der Waals surface area contributed by atoms with Crippen LogP contribution >= 0.6 is 23.2 Å². The maximum Gasteiger partial charge on any atom is 0.253 e. The van der Waals surface area contributed by atoms with Crippen molar-refractivity contribution in [2.24, 2.45) is 0 Å². The van der Waals surface area contributed by atoms with E-state index in [1.54, 1.807) is 0 Å². The van der Waals surface area contributed by atoms with Crippen LogP contribution in [0, 0.1) is 0 Å². The molecule has 1 aliphatic rings. The van der Waals surface area contributed by atoms with E-state index in [2.05, 4.69) is 121 Å². The molecule has 4 aromatic carbocycles. The molecule has 1 aliphatic heterocycles. The summed E-state index contributed by atoms with van der Waals surface area (Å²) in [5, 5.41) is 4.93. The van der Waals surface area contributed by atoms with E-state index in [1.807, 2.05) is 0 Å². The molecule has 1 nitrogen and oxygen atoms in total. The van der Waals surface area contributed by atoms with Crippen molar-refractivity contribution in [2.45, 2.75) is 17.0 Å². The summed E-state index contributed by atoms with van der Waals surface area (Å²) in [5.74, 6) is 0. The minimum atomic E-state index is -2.88. The van der Waals surface area contributed by atoms with Crippen molar-refractivity contribution in [1.82, 2.24) is 0 Å². The van der Waals surface area contributed by atoms with Gasteiger partial charge in [-0.2, -0.15) is 0 Å². The Hall–Kier alpha value is -2.15. The van der Waals surface area contributed by atoms with Crippen LogP contribution in [0.25, 0.3) is 0 Å². The van der Waals surface area contributed by atoms with Gasteiger partial charge in [0.05, 0.1) is 5.38 Å². The van der Waals surface area contributed by atoms with Crippen molar-refractivity contribution in [2.75, 3.05) is 0 Å². The van der Waals surface area contributed by atoms with Crippen LogP contribution in [0.2, 0.25) is 6.04 Å². The highest BCUT2D eigenvalue weighted by atomic mass is 35.5. The van der Waals surface area contributed by atoms with Gasteiger partial charge >= 0.3 is 0 Å². The summed E-state index contributed by atoms with van der Waals surface area (Å²) in [6.07, 6.45) is 0. The lowest BCUT2D eigenvalue weighted by Gasteiger charge is -2.53. The van der Waals surface area contributed by atoms with Gasteiger partial charge in [-0.25, -0.2) is 0 Å². The van der Waals surface area contributed by atoms with Crippen molar-refractivity contribution in [3.63, 3.8) is 0 Å². The van der Waals surface area contributed by atoms with E-state index in [1.165, 1.54) is 20.7 Å². The molecule has 2 unspecified atom stereocenters. The largest absolute Gasteiger partial charge is 0.392 e. The van der Waals surface area contributed by atoms with Crippen molar-refractivity contribution >= 4 is 59.4 Å². The van der Waals surface area contributed by atoms with Crippen LogP contribution in [0.1, 0.15) is 0 Å². The van der Waals surface area contributed by atoms with Crippen LogP contribution in [-0.4, -0.2) is 26.4 Å². The molecule has 1 saturated heterocycles. The second kappa shape index (κ2) is 9.01. The normalized spacial score (nSPS) is 21.7. The number of alkyl halides is 2. The minimum Gasteiger partial charge on any atom is -0.392 e. The van der Waals surface area contributed by atoms with Crippen LogP contribution in [0.3, 0.4) is 0 Å². The van der Waals surface area contributed by atoms with Gasteiger partial charge in [-0.15, -0.1) is 11.6 Å². The summed E-state index contributed by atoms with van der Waals surface area (Å²) in [7, 11) is -5.48. The van der Waals surface area contributed by atoms with E-state index in [-0.39, 0.29) is 5.38 Å². The highest BCUT2D eigenvalue weighted by Gasteiger charge is 2.66. The lowest BCUT2D eigenvalue weighted by atomic mass is 10.4. The van der Waals surface area contributed by atoms with Gasteiger partial charge in [0.2, 0.25) is 0 Å². The van der Waals surface area contributed by atoms with Crippen LogP contribution in [0.5, 0.6) is 0 Å². The van der Waals surface area contributed by atoms with Gasteiger partial charge in [0.1, 0.15) is 5.56 Å². The fourth-order valence-corrected chi connectivity index (χ4v) is 25.1. The van der Waals surface area contributed by atoms with E-state index in [4.69, 9.17) is 27.6 Å². The summed E-state index contributed by atoms with van der Waals surface area (Å²) in [5.41, 5.74) is -0.545. The molecular weight excluding hydrogens is 467 g/mol. The standard InChI is InChI=1S/C27H24Cl2OSi2/c28-26-21-31(22-13-5-1-6-14-22,23-15-7-2-8-16-23)32(30-27(26)29,24-17-9-3-10-18-24)25-19-11-4-12-20-25/h1-20,26-27H,21H2. The molecule has 0 aliphatic carbocycles. The molecule has 0 N–H and O–H groups in total. The van der Waals surface area contributed by atoms with Gasteiger partial charge in [0.15, 0.2) is 7.59 Å². The third-order valence-corrected chi connectivity index (χ3v) is 23.7. The van der Waals surface area contributed by atoms with Crippen molar-refractivity contribution < 1.29 is 4.43 Å². The first-order valence-corrected chi connectivity index (χ1v) is 16.9. The van der Waals surface area contributed by atoms with Crippen LogP contribution in [0.4, 0.5) is 0 Å². The number of halogens is 2. The lowest BCUT2D eigenvalue weighted by Crippen LogP contribution is -2.89. The summed E-state index contributed by atoms with van der Waals surface area (Å²) >= 11 is 13.8. The average Bonchev–Trinajstić information content (AvgIpc) is 2.87. The molecule has 1 heterocycles. The van der Waals surface area contributed by atoms with Gasteiger partial charge in [0.25, 0.3) is 7.83 Å². The van der Waals surface area contributed by atoms with Crippen LogP contribution < -0.4 is 20.7 Å². The molecule has 0 aromatic heterocycles. The quantitative estimate of drug-likeness (QED) is 0.306. The van der Waals surface area contributed by atoms with E-state index in [9.17, 15) is 0 Å². The Bertz CT molecular complexity index is 983. The molecule has 4 aromatic rings. The fraction of sp³-hybridized carbons (Fsp3) is 0.111. The topological polar surface area (TPSA) is 9.23 Å². The maximum atomic E-state index is 7.12. The Kier molecular flexibility index (Phi) is 6.10. The predicted octanol–water partition coefficient (Wildman–Crippen LogP) is 4.29. The lowest BCUT2D eigenvalue weighted by molar-refractivity contribution is 0.278. The molecule has 5 rings (SSSR count). The molecule has 5 heteroatoms. The van der Waals surface area contributed by atoms with E-state index >= 15 is 0 Å². The molecule has 1 fully saturated rings. The van der Waals surface area contributed by atoms with Gasteiger partial charge in [-0.3, -0.25) is 0 Å². The molecule has 0 amide bonds. The first-order valence-electron chi connectivity index (χ1n) is 10.9. The van der Waals surface area contributed by atoms with Gasteiger partial charge < -0.3 is 4.43 Å². The van der Waals surface area contributed by atoms with Gasteiger partial charge in [-0.05, 0) is 16.4 Å². The molecule has 0 spiro atoms. The smallest absolute Gasteiger partial charge is 0.253 e. The van der Waals surface area contributed by atoms with Crippen LogP contribution in [0.15, 0.2) is 121 Å². The second-order valence-corrected chi connectivity index (χ2v) is 20.0. The number of hydrogen-bond acceptors (Lipinski definition) is 1. The molecule has 0 radical (unpaired) electrons. The minimum absolute atomic E-state index is 0.267. The zero-order valence-corrected chi connectivity index (χ0v) is 21.1. The average molecular weight is 492 g/mol. The first kappa shape index (κ1) is 21.7. The highest BCUT2D eigenvalue weighted by Crippen LogP contribution is 2.37. The van der Waals surface area contributed by atoms with E-state index < -0.39 is 21.0 Å². The third-order valence-electron chi connectivity index (χ3n) is 6.57. The van der Waals surface area contributed by atoms with E-state index in [0.29, 0.717) is 0 Å². The van der Waals surface area contributed by atoms with Crippen molar-refractivity contribution in [3.8, 4) is 0 Å². The first-order chi connectivity index (χ1) is 15.7. The highest BCUT2D eigenvalue weighted by molar-refractivity contribution is 7.57. The monoisotopic (exact) mass is 490 g/mol. The summed E-state index contributed by atoms with van der Waals surface area (Å²) in [6.45, 7) is 0. The molecular formula is C27H24Cl2OSi2. The van der Waals surface area contributed by atoms with Crippen LogP contribution in [-0.2, 0) is 4.43 Å². The second-order valence-electron chi connectivity index (χ2n) is 8.24. The van der Waals surface area contributed by atoms with Gasteiger partial charge in [-0.1, -0.05) is 143 Å². The zero-order chi connectivity index (χ0) is 22.0. The summed E-state index contributed by atoms with van der Waals surface area (Å²) in [6, 6.07) is 44.1. The van der Waals surface area contributed by atoms with Crippen molar-refractivity contribution in [1.29, 1.82) is 0 Å². The summed E-state index contributed by atoms with van der Waals surface area (Å²) in [4.78, 5) is 0. The zero-order valence-electron chi connectivity index (χ0n) is 17.6. The molecule has 2 atom stereocenters.